The highest BCUT2D eigenvalue weighted by molar-refractivity contribution is 5.94. The van der Waals surface area contributed by atoms with Gasteiger partial charge in [0, 0.05) is 19.2 Å². The van der Waals surface area contributed by atoms with Crippen LogP contribution in [0, 0.1) is 5.82 Å². The monoisotopic (exact) mass is 368 g/mol. The van der Waals surface area contributed by atoms with Gasteiger partial charge >= 0.3 is 0 Å². The van der Waals surface area contributed by atoms with Crippen LogP contribution in [0.1, 0.15) is 12.7 Å². The van der Waals surface area contributed by atoms with E-state index >= 15 is 0 Å². The standard InChI is InChI=1S/C20H21FN4O2/c1-3-18-23-16-6-4-5-7-17(16)25(18)13-20(27)24(2)12-19(26)22-15-10-8-14(21)9-11-15/h4-11H,3,12-13H2,1-2H3,(H,22,26). The van der Waals surface area contributed by atoms with Crippen molar-refractivity contribution in [3.63, 3.8) is 0 Å². The average molecular weight is 368 g/mol. The lowest BCUT2D eigenvalue weighted by molar-refractivity contribution is -0.133. The number of halogens is 1. The molecule has 3 aromatic rings. The number of para-hydroxylation sites is 2. The molecule has 3 rings (SSSR count). The van der Waals surface area contributed by atoms with Gasteiger partial charge in [0.15, 0.2) is 0 Å². The Hall–Kier alpha value is -3.22. The molecule has 0 aliphatic carbocycles. The number of nitrogens with zero attached hydrogens (tertiary/aromatic N) is 3. The topological polar surface area (TPSA) is 67.2 Å². The van der Waals surface area contributed by atoms with Gasteiger partial charge in [-0.25, -0.2) is 9.37 Å². The summed E-state index contributed by atoms with van der Waals surface area (Å²) >= 11 is 0. The zero-order valence-electron chi connectivity index (χ0n) is 15.3. The molecule has 1 heterocycles. The Balaban J connectivity index is 1.65. The van der Waals surface area contributed by atoms with Crippen LogP contribution in [0.2, 0.25) is 0 Å². The molecule has 0 aliphatic heterocycles. The van der Waals surface area contributed by atoms with Gasteiger partial charge < -0.3 is 14.8 Å². The first kappa shape index (κ1) is 18.6. The maximum Gasteiger partial charge on any atom is 0.243 e. The number of aryl methyl sites for hydroxylation is 1. The number of rotatable bonds is 6. The SMILES string of the molecule is CCc1nc2ccccc2n1CC(=O)N(C)CC(=O)Nc1ccc(F)cc1. The number of amides is 2. The van der Waals surface area contributed by atoms with Crippen molar-refractivity contribution in [3.8, 4) is 0 Å². The largest absolute Gasteiger partial charge is 0.335 e. The maximum atomic E-state index is 12.9. The van der Waals surface area contributed by atoms with Gasteiger partial charge in [0.1, 0.15) is 18.2 Å². The van der Waals surface area contributed by atoms with Crippen molar-refractivity contribution in [1.29, 1.82) is 0 Å². The van der Waals surface area contributed by atoms with Crippen molar-refractivity contribution >= 4 is 28.5 Å². The number of hydrogen-bond donors (Lipinski definition) is 1. The van der Waals surface area contributed by atoms with Crippen LogP contribution >= 0.6 is 0 Å². The number of aromatic nitrogens is 2. The zero-order chi connectivity index (χ0) is 19.4. The summed E-state index contributed by atoms with van der Waals surface area (Å²) in [4.78, 5) is 30.7. The summed E-state index contributed by atoms with van der Waals surface area (Å²) in [7, 11) is 1.58. The summed E-state index contributed by atoms with van der Waals surface area (Å²) in [6, 6.07) is 13.1. The number of likely N-dealkylation sites (N-methyl/N-ethyl adjacent to an activating group) is 1. The van der Waals surface area contributed by atoms with Crippen LogP contribution in [0.25, 0.3) is 11.0 Å². The first-order valence-electron chi connectivity index (χ1n) is 8.71. The first-order chi connectivity index (χ1) is 13.0. The second-order valence-electron chi connectivity index (χ2n) is 6.26. The third-order valence-corrected chi connectivity index (χ3v) is 4.28. The van der Waals surface area contributed by atoms with Crippen molar-refractivity contribution in [1.82, 2.24) is 14.5 Å². The number of carbonyl (C=O) groups is 2. The quantitative estimate of drug-likeness (QED) is 0.728. The number of carbonyl (C=O) groups excluding carboxylic acids is 2. The molecule has 2 amide bonds. The molecule has 1 N–H and O–H groups in total. The van der Waals surface area contributed by atoms with Gasteiger partial charge in [-0.1, -0.05) is 19.1 Å². The van der Waals surface area contributed by atoms with Gasteiger partial charge in [-0.15, -0.1) is 0 Å². The van der Waals surface area contributed by atoms with E-state index in [2.05, 4.69) is 10.3 Å². The number of anilines is 1. The van der Waals surface area contributed by atoms with E-state index in [1.54, 1.807) is 7.05 Å². The van der Waals surface area contributed by atoms with E-state index in [9.17, 15) is 14.0 Å². The summed E-state index contributed by atoms with van der Waals surface area (Å²) in [5, 5.41) is 2.65. The minimum absolute atomic E-state index is 0.0930. The van der Waals surface area contributed by atoms with E-state index < -0.39 is 0 Å². The Labute approximate surface area is 156 Å². The zero-order valence-corrected chi connectivity index (χ0v) is 15.3. The Bertz CT molecular complexity index is 966. The molecule has 2 aromatic carbocycles. The van der Waals surface area contributed by atoms with Crippen LogP contribution in [-0.4, -0.2) is 39.9 Å². The number of imidazole rings is 1. The third-order valence-electron chi connectivity index (χ3n) is 4.28. The molecule has 0 unspecified atom stereocenters. The fourth-order valence-electron chi connectivity index (χ4n) is 2.87. The fourth-order valence-corrected chi connectivity index (χ4v) is 2.87. The Kier molecular flexibility index (Phi) is 5.49. The van der Waals surface area contributed by atoms with Gasteiger partial charge in [0.25, 0.3) is 0 Å². The lowest BCUT2D eigenvalue weighted by Crippen LogP contribution is -2.37. The van der Waals surface area contributed by atoms with E-state index in [1.165, 1.54) is 29.2 Å². The smallest absolute Gasteiger partial charge is 0.243 e. The number of hydrogen-bond acceptors (Lipinski definition) is 3. The molecule has 0 spiro atoms. The minimum Gasteiger partial charge on any atom is -0.335 e. The molecule has 0 bridgehead atoms. The highest BCUT2D eigenvalue weighted by Crippen LogP contribution is 2.16. The van der Waals surface area contributed by atoms with Gasteiger partial charge in [-0.3, -0.25) is 9.59 Å². The second kappa shape index (κ2) is 7.99. The van der Waals surface area contributed by atoms with E-state index in [0.717, 1.165) is 16.9 Å². The van der Waals surface area contributed by atoms with Crippen molar-refractivity contribution in [2.75, 3.05) is 18.9 Å². The predicted molar refractivity (Wildman–Crippen MR) is 102 cm³/mol. The van der Waals surface area contributed by atoms with E-state index in [0.29, 0.717) is 12.1 Å². The fraction of sp³-hybridized carbons (Fsp3) is 0.250. The molecule has 0 fully saturated rings. The molecule has 0 atom stereocenters. The van der Waals surface area contributed by atoms with Crippen molar-refractivity contribution in [2.45, 2.75) is 19.9 Å². The molecule has 27 heavy (non-hydrogen) atoms. The van der Waals surface area contributed by atoms with E-state index in [1.807, 2.05) is 35.8 Å². The molecule has 0 aliphatic rings. The average Bonchev–Trinajstić information content (AvgIpc) is 3.01. The Morgan fingerprint density at radius 2 is 1.85 bits per heavy atom. The van der Waals surface area contributed by atoms with Crippen LogP contribution in [0.15, 0.2) is 48.5 Å². The summed E-state index contributed by atoms with van der Waals surface area (Å²) in [5.74, 6) is -0.0842. The number of fused-ring (bicyclic) bond motifs is 1. The van der Waals surface area contributed by atoms with Crippen molar-refractivity contribution in [2.24, 2.45) is 0 Å². The van der Waals surface area contributed by atoms with Crippen LogP contribution in [0.3, 0.4) is 0 Å². The third kappa shape index (κ3) is 4.31. The van der Waals surface area contributed by atoms with Crippen LogP contribution in [0.4, 0.5) is 10.1 Å². The molecule has 6 nitrogen and oxygen atoms in total. The van der Waals surface area contributed by atoms with Gasteiger partial charge in [0.2, 0.25) is 11.8 Å². The summed E-state index contributed by atoms with van der Waals surface area (Å²) in [5.41, 5.74) is 2.22. The normalized spacial score (nSPS) is 10.8. The second-order valence-corrected chi connectivity index (χ2v) is 6.26. The summed E-state index contributed by atoms with van der Waals surface area (Å²) < 4.78 is 14.8. The van der Waals surface area contributed by atoms with Crippen LogP contribution < -0.4 is 5.32 Å². The van der Waals surface area contributed by atoms with Crippen molar-refractivity contribution in [3.05, 3.63) is 60.2 Å². The van der Waals surface area contributed by atoms with E-state index in [4.69, 9.17) is 0 Å². The highest BCUT2D eigenvalue weighted by Gasteiger charge is 2.17. The molecule has 140 valence electrons. The van der Waals surface area contributed by atoms with Gasteiger partial charge in [-0.2, -0.15) is 0 Å². The van der Waals surface area contributed by atoms with E-state index in [-0.39, 0.29) is 30.7 Å². The molecule has 0 radical (unpaired) electrons. The lowest BCUT2D eigenvalue weighted by Gasteiger charge is -2.18. The van der Waals surface area contributed by atoms with Gasteiger partial charge in [-0.05, 0) is 36.4 Å². The molecular weight excluding hydrogens is 347 g/mol. The Morgan fingerprint density at radius 1 is 1.15 bits per heavy atom. The predicted octanol–water partition coefficient (Wildman–Crippen LogP) is 2.83. The lowest BCUT2D eigenvalue weighted by atomic mass is 10.3. The van der Waals surface area contributed by atoms with Crippen LogP contribution in [0.5, 0.6) is 0 Å². The summed E-state index contributed by atoms with van der Waals surface area (Å²) in [6.07, 6.45) is 0.705. The van der Waals surface area contributed by atoms with Crippen LogP contribution in [-0.2, 0) is 22.6 Å². The highest BCUT2D eigenvalue weighted by atomic mass is 19.1. The molecule has 0 saturated carbocycles. The molecule has 1 aromatic heterocycles. The summed E-state index contributed by atoms with van der Waals surface area (Å²) in [6.45, 7) is 2.01. The minimum atomic E-state index is -0.375. The molecular formula is C20H21FN4O2. The molecule has 7 heteroatoms. The van der Waals surface area contributed by atoms with Gasteiger partial charge in [0.05, 0.1) is 17.6 Å². The maximum absolute atomic E-state index is 12.9. The molecule has 0 saturated heterocycles. The van der Waals surface area contributed by atoms with Crippen molar-refractivity contribution < 1.29 is 14.0 Å². The number of nitrogens with one attached hydrogen (secondary N) is 1. The first-order valence-corrected chi connectivity index (χ1v) is 8.71. The number of benzene rings is 2. The Morgan fingerprint density at radius 3 is 2.56 bits per heavy atom.